The summed E-state index contributed by atoms with van der Waals surface area (Å²) in [6.45, 7) is 0.729. The van der Waals surface area contributed by atoms with E-state index in [1.54, 1.807) is 7.05 Å². The fourth-order valence-electron chi connectivity index (χ4n) is 3.32. The Balaban J connectivity index is 1.66. The number of rotatable bonds is 4. The van der Waals surface area contributed by atoms with Crippen molar-refractivity contribution in [2.75, 3.05) is 7.05 Å². The molecule has 1 heterocycles. The highest BCUT2D eigenvalue weighted by atomic mass is 16.1. The number of amides is 1. The lowest BCUT2D eigenvalue weighted by atomic mass is 10.0. The Bertz CT molecular complexity index is 1050. The fraction of sp³-hybridized carbons (Fsp3) is 0.0870. The molecular formula is C23H20N2O. The summed E-state index contributed by atoms with van der Waals surface area (Å²) in [5.74, 6) is -0.0561. The van der Waals surface area contributed by atoms with Crippen molar-refractivity contribution in [3.8, 4) is 11.1 Å². The van der Waals surface area contributed by atoms with E-state index in [9.17, 15) is 4.79 Å². The van der Waals surface area contributed by atoms with E-state index in [4.69, 9.17) is 0 Å². The fourth-order valence-corrected chi connectivity index (χ4v) is 3.32. The van der Waals surface area contributed by atoms with Gasteiger partial charge >= 0.3 is 0 Å². The van der Waals surface area contributed by atoms with Gasteiger partial charge in [0.25, 0.3) is 5.91 Å². The number of hydrogen-bond donors (Lipinski definition) is 1. The van der Waals surface area contributed by atoms with E-state index < -0.39 is 0 Å². The minimum Gasteiger partial charge on any atom is -0.355 e. The Morgan fingerprint density at radius 1 is 0.846 bits per heavy atom. The number of nitrogens with zero attached hydrogens (tertiary/aromatic N) is 1. The van der Waals surface area contributed by atoms with Gasteiger partial charge in [0, 0.05) is 30.7 Å². The van der Waals surface area contributed by atoms with Gasteiger partial charge in [-0.15, -0.1) is 0 Å². The number of carbonyl (C=O) groups excluding carboxylic acids is 1. The third-order valence-electron chi connectivity index (χ3n) is 4.67. The van der Waals surface area contributed by atoms with Gasteiger partial charge in [0.15, 0.2) is 0 Å². The Morgan fingerprint density at radius 3 is 2.23 bits per heavy atom. The molecule has 0 aliphatic carbocycles. The molecule has 4 rings (SSSR count). The van der Waals surface area contributed by atoms with Gasteiger partial charge in [0.1, 0.15) is 0 Å². The summed E-state index contributed by atoms with van der Waals surface area (Å²) in [5.41, 5.74) is 5.40. The van der Waals surface area contributed by atoms with Crippen molar-refractivity contribution in [2.45, 2.75) is 6.54 Å². The van der Waals surface area contributed by atoms with Gasteiger partial charge < -0.3 is 9.88 Å². The quantitative estimate of drug-likeness (QED) is 0.573. The zero-order chi connectivity index (χ0) is 17.9. The molecule has 1 aromatic heterocycles. The van der Waals surface area contributed by atoms with Crippen LogP contribution in [-0.4, -0.2) is 17.5 Å². The van der Waals surface area contributed by atoms with E-state index in [1.807, 2.05) is 30.5 Å². The molecule has 0 aliphatic heterocycles. The lowest BCUT2D eigenvalue weighted by Crippen LogP contribution is -2.17. The van der Waals surface area contributed by atoms with Crippen LogP contribution in [0.2, 0.25) is 0 Å². The molecule has 0 bridgehead atoms. The largest absolute Gasteiger partial charge is 0.355 e. The number of aromatic nitrogens is 1. The molecule has 0 spiro atoms. The van der Waals surface area contributed by atoms with Gasteiger partial charge in [-0.1, -0.05) is 72.8 Å². The molecule has 0 radical (unpaired) electrons. The monoisotopic (exact) mass is 340 g/mol. The highest BCUT2D eigenvalue weighted by molar-refractivity contribution is 6.06. The SMILES string of the molecule is CNC(=O)c1cn(Cc2ccc(-c3ccccc3)cc2)c2ccccc12. The molecule has 3 nitrogen and oxygen atoms in total. The van der Waals surface area contributed by atoms with Gasteiger partial charge in [0.05, 0.1) is 5.56 Å². The second-order valence-electron chi connectivity index (χ2n) is 6.33. The van der Waals surface area contributed by atoms with Gasteiger partial charge in [-0.3, -0.25) is 4.79 Å². The number of carbonyl (C=O) groups is 1. The molecule has 1 N–H and O–H groups in total. The highest BCUT2D eigenvalue weighted by Gasteiger charge is 2.13. The predicted octanol–water partition coefficient (Wildman–Crippen LogP) is 4.72. The second kappa shape index (κ2) is 6.89. The number of nitrogens with one attached hydrogen (secondary N) is 1. The highest BCUT2D eigenvalue weighted by Crippen LogP contribution is 2.24. The van der Waals surface area contributed by atoms with Crippen LogP contribution in [0, 0.1) is 0 Å². The number of hydrogen-bond acceptors (Lipinski definition) is 1. The van der Waals surface area contributed by atoms with Gasteiger partial charge in [0.2, 0.25) is 0 Å². The number of fused-ring (bicyclic) bond motifs is 1. The predicted molar refractivity (Wildman–Crippen MR) is 106 cm³/mol. The standard InChI is InChI=1S/C23H20N2O/c1-24-23(26)21-16-25(22-10-6-5-9-20(21)22)15-17-11-13-19(14-12-17)18-7-3-2-4-8-18/h2-14,16H,15H2,1H3,(H,24,26). The molecule has 128 valence electrons. The van der Waals surface area contributed by atoms with Crippen LogP contribution in [0.4, 0.5) is 0 Å². The molecule has 0 atom stereocenters. The first kappa shape index (κ1) is 16.2. The molecule has 0 saturated heterocycles. The normalized spacial score (nSPS) is 10.8. The van der Waals surface area contributed by atoms with Crippen LogP contribution in [0.3, 0.4) is 0 Å². The Hall–Kier alpha value is -3.33. The van der Waals surface area contributed by atoms with E-state index in [-0.39, 0.29) is 5.91 Å². The first-order chi connectivity index (χ1) is 12.8. The van der Waals surface area contributed by atoms with Crippen molar-refractivity contribution >= 4 is 16.8 Å². The molecule has 1 amide bonds. The summed E-state index contributed by atoms with van der Waals surface area (Å²) in [7, 11) is 1.66. The summed E-state index contributed by atoms with van der Waals surface area (Å²) < 4.78 is 2.14. The molecular weight excluding hydrogens is 320 g/mol. The second-order valence-corrected chi connectivity index (χ2v) is 6.33. The Kier molecular flexibility index (Phi) is 4.28. The maximum Gasteiger partial charge on any atom is 0.253 e. The Morgan fingerprint density at radius 2 is 1.50 bits per heavy atom. The van der Waals surface area contributed by atoms with Crippen molar-refractivity contribution in [1.82, 2.24) is 9.88 Å². The average molecular weight is 340 g/mol. The minimum atomic E-state index is -0.0561. The summed E-state index contributed by atoms with van der Waals surface area (Å²) in [4.78, 5) is 12.2. The molecule has 0 fully saturated rings. The summed E-state index contributed by atoms with van der Waals surface area (Å²) in [6.07, 6.45) is 1.94. The third kappa shape index (κ3) is 3.00. The van der Waals surface area contributed by atoms with Crippen LogP contribution in [0.1, 0.15) is 15.9 Å². The smallest absolute Gasteiger partial charge is 0.253 e. The minimum absolute atomic E-state index is 0.0561. The van der Waals surface area contributed by atoms with Crippen LogP contribution in [0.15, 0.2) is 85.1 Å². The first-order valence-electron chi connectivity index (χ1n) is 8.70. The van der Waals surface area contributed by atoms with Gasteiger partial charge in [-0.25, -0.2) is 0 Å². The lowest BCUT2D eigenvalue weighted by Gasteiger charge is -2.07. The molecule has 3 heteroatoms. The van der Waals surface area contributed by atoms with Crippen LogP contribution >= 0.6 is 0 Å². The van der Waals surface area contributed by atoms with Crippen molar-refractivity contribution in [3.05, 3.63) is 96.2 Å². The van der Waals surface area contributed by atoms with Crippen molar-refractivity contribution in [2.24, 2.45) is 0 Å². The molecule has 4 aromatic rings. The van der Waals surface area contributed by atoms with Gasteiger partial charge in [-0.2, -0.15) is 0 Å². The number of benzene rings is 3. The van der Waals surface area contributed by atoms with E-state index in [2.05, 4.69) is 64.5 Å². The van der Waals surface area contributed by atoms with E-state index >= 15 is 0 Å². The summed E-state index contributed by atoms with van der Waals surface area (Å²) in [5, 5.41) is 3.70. The van der Waals surface area contributed by atoms with E-state index in [0.717, 1.165) is 17.4 Å². The average Bonchev–Trinajstić information content (AvgIpc) is 3.07. The Labute approximate surface area is 152 Å². The molecule has 0 aliphatic rings. The zero-order valence-electron chi connectivity index (χ0n) is 14.6. The van der Waals surface area contributed by atoms with Crippen molar-refractivity contribution in [3.63, 3.8) is 0 Å². The first-order valence-corrected chi connectivity index (χ1v) is 8.70. The van der Waals surface area contributed by atoms with Crippen LogP contribution in [0.5, 0.6) is 0 Å². The third-order valence-corrected chi connectivity index (χ3v) is 4.67. The molecule has 0 unspecified atom stereocenters. The number of para-hydroxylation sites is 1. The maximum atomic E-state index is 12.2. The van der Waals surface area contributed by atoms with Crippen LogP contribution < -0.4 is 5.32 Å². The topological polar surface area (TPSA) is 34.0 Å². The van der Waals surface area contributed by atoms with Crippen LogP contribution in [0.25, 0.3) is 22.0 Å². The van der Waals surface area contributed by atoms with Crippen molar-refractivity contribution < 1.29 is 4.79 Å². The molecule has 3 aromatic carbocycles. The van der Waals surface area contributed by atoms with E-state index in [0.29, 0.717) is 5.56 Å². The van der Waals surface area contributed by atoms with Crippen LogP contribution in [-0.2, 0) is 6.54 Å². The van der Waals surface area contributed by atoms with E-state index in [1.165, 1.54) is 16.7 Å². The summed E-state index contributed by atoms with van der Waals surface area (Å²) in [6, 6.07) is 27.0. The lowest BCUT2D eigenvalue weighted by molar-refractivity contribution is 0.0964. The van der Waals surface area contributed by atoms with Gasteiger partial charge in [-0.05, 0) is 22.8 Å². The van der Waals surface area contributed by atoms with Crippen molar-refractivity contribution in [1.29, 1.82) is 0 Å². The molecule has 0 saturated carbocycles. The summed E-state index contributed by atoms with van der Waals surface area (Å²) >= 11 is 0. The molecule has 26 heavy (non-hydrogen) atoms. The zero-order valence-corrected chi connectivity index (χ0v) is 14.6. The maximum absolute atomic E-state index is 12.2.